The van der Waals surface area contributed by atoms with E-state index in [4.69, 9.17) is 5.26 Å². The van der Waals surface area contributed by atoms with Crippen LogP contribution in [0, 0.1) is 18.3 Å². The Morgan fingerprint density at radius 1 is 1.37 bits per heavy atom. The van der Waals surface area contributed by atoms with Gasteiger partial charge in [-0.1, -0.05) is 0 Å². The second-order valence-electron chi connectivity index (χ2n) is 5.34. The lowest BCUT2D eigenvalue weighted by atomic mass is 10.1. The highest BCUT2D eigenvalue weighted by Gasteiger charge is 2.35. The summed E-state index contributed by atoms with van der Waals surface area (Å²) in [5.41, 5.74) is 2.92. The summed E-state index contributed by atoms with van der Waals surface area (Å²) in [6, 6.07) is 8.54. The van der Waals surface area contributed by atoms with Crippen molar-refractivity contribution in [1.82, 2.24) is 4.90 Å². The summed E-state index contributed by atoms with van der Waals surface area (Å²) in [5.74, 6) is 0.306. The summed E-state index contributed by atoms with van der Waals surface area (Å²) in [7, 11) is 0. The summed E-state index contributed by atoms with van der Waals surface area (Å²) in [4.78, 5) is 16.0. The number of anilines is 1. The highest BCUT2D eigenvalue weighted by Crippen LogP contribution is 2.27. The van der Waals surface area contributed by atoms with Crippen LogP contribution in [0.2, 0.25) is 0 Å². The fraction of sp³-hybridized carbons (Fsp3) is 0.467. The summed E-state index contributed by atoms with van der Waals surface area (Å²) in [6.07, 6.45) is 1.68. The van der Waals surface area contributed by atoms with Crippen molar-refractivity contribution < 1.29 is 4.79 Å². The smallest absolute Gasteiger partial charge is 0.223 e. The minimum absolute atomic E-state index is 0.306. The zero-order valence-electron chi connectivity index (χ0n) is 11.1. The number of piperazine rings is 1. The van der Waals surface area contributed by atoms with Crippen molar-refractivity contribution in [2.45, 2.75) is 25.8 Å². The first-order valence-electron chi connectivity index (χ1n) is 6.74. The summed E-state index contributed by atoms with van der Waals surface area (Å²) in [6.45, 7) is 4.59. The van der Waals surface area contributed by atoms with Gasteiger partial charge in [-0.15, -0.1) is 0 Å². The van der Waals surface area contributed by atoms with Gasteiger partial charge in [0.05, 0.1) is 11.6 Å². The first kappa shape index (κ1) is 12.0. The van der Waals surface area contributed by atoms with Crippen LogP contribution in [0.5, 0.6) is 0 Å². The van der Waals surface area contributed by atoms with Crippen molar-refractivity contribution in [2.24, 2.45) is 0 Å². The molecule has 1 aromatic rings. The highest BCUT2D eigenvalue weighted by molar-refractivity contribution is 5.79. The zero-order chi connectivity index (χ0) is 13.4. The van der Waals surface area contributed by atoms with E-state index in [1.165, 1.54) is 0 Å². The van der Waals surface area contributed by atoms with E-state index < -0.39 is 0 Å². The Balaban J connectivity index is 1.79. The van der Waals surface area contributed by atoms with Crippen LogP contribution in [0.15, 0.2) is 18.2 Å². The quantitative estimate of drug-likeness (QED) is 0.767. The second-order valence-corrected chi connectivity index (χ2v) is 5.34. The first-order chi connectivity index (χ1) is 9.19. The molecule has 19 heavy (non-hydrogen) atoms. The van der Waals surface area contributed by atoms with E-state index in [2.05, 4.69) is 17.0 Å². The predicted molar refractivity (Wildman–Crippen MR) is 72.8 cm³/mol. The SMILES string of the molecule is Cc1cc(N2CCN3C(=O)CCC3C2)ccc1C#N. The molecule has 2 saturated heterocycles. The molecule has 0 N–H and O–H groups in total. The minimum Gasteiger partial charge on any atom is -0.368 e. The molecule has 2 aliphatic rings. The Morgan fingerprint density at radius 2 is 2.21 bits per heavy atom. The largest absolute Gasteiger partial charge is 0.368 e. The van der Waals surface area contributed by atoms with Crippen molar-refractivity contribution in [1.29, 1.82) is 5.26 Å². The van der Waals surface area contributed by atoms with Crippen molar-refractivity contribution in [2.75, 3.05) is 24.5 Å². The Morgan fingerprint density at radius 3 is 2.95 bits per heavy atom. The summed E-state index contributed by atoms with van der Waals surface area (Å²) >= 11 is 0. The molecule has 98 valence electrons. The van der Waals surface area contributed by atoms with E-state index >= 15 is 0 Å². The van der Waals surface area contributed by atoms with Crippen LogP contribution in [0.3, 0.4) is 0 Å². The van der Waals surface area contributed by atoms with Crippen LogP contribution < -0.4 is 4.90 Å². The number of nitrogens with zero attached hydrogens (tertiary/aromatic N) is 3. The number of carbonyl (C=O) groups excluding carboxylic acids is 1. The number of aryl methyl sites for hydroxylation is 1. The van der Waals surface area contributed by atoms with E-state index in [1.807, 2.05) is 24.0 Å². The molecule has 2 fully saturated rings. The Labute approximate surface area is 113 Å². The number of hydrogen-bond donors (Lipinski definition) is 0. The van der Waals surface area contributed by atoms with Gasteiger partial charge in [-0.2, -0.15) is 5.26 Å². The lowest BCUT2D eigenvalue weighted by Gasteiger charge is -2.39. The topological polar surface area (TPSA) is 47.3 Å². The maximum Gasteiger partial charge on any atom is 0.223 e. The van der Waals surface area contributed by atoms with E-state index in [0.717, 1.165) is 42.9 Å². The van der Waals surface area contributed by atoms with E-state index in [0.29, 0.717) is 18.4 Å². The van der Waals surface area contributed by atoms with Gasteiger partial charge in [0, 0.05) is 37.8 Å². The molecule has 0 aromatic heterocycles. The van der Waals surface area contributed by atoms with E-state index in [9.17, 15) is 4.79 Å². The lowest BCUT2D eigenvalue weighted by molar-refractivity contribution is -0.129. The zero-order valence-corrected chi connectivity index (χ0v) is 11.1. The molecule has 1 unspecified atom stereocenters. The molecule has 4 heteroatoms. The number of rotatable bonds is 1. The molecule has 0 bridgehead atoms. The molecule has 4 nitrogen and oxygen atoms in total. The maximum atomic E-state index is 11.7. The van der Waals surface area contributed by atoms with Crippen LogP contribution in [0.25, 0.3) is 0 Å². The highest BCUT2D eigenvalue weighted by atomic mass is 16.2. The molecule has 0 aliphatic carbocycles. The standard InChI is InChI=1S/C15H17N3O/c1-11-8-13(3-2-12(11)9-16)17-6-7-18-14(10-17)4-5-15(18)19/h2-3,8,14H,4-7,10H2,1H3. The molecule has 0 radical (unpaired) electrons. The molecule has 1 amide bonds. The number of hydrogen-bond acceptors (Lipinski definition) is 3. The number of carbonyl (C=O) groups is 1. The van der Waals surface area contributed by atoms with E-state index in [1.54, 1.807) is 0 Å². The summed E-state index contributed by atoms with van der Waals surface area (Å²) in [5, 5.41) is 8.96. The lowest BCUT2D eigenvalue weighted by Crippen LogP contribution is -2.51. The molecule has 0 saturated carbocycles. The third kappa shape index (κ3) is 2.06. The Hall–Kier alpha value is -2.02. The van der Waals surface area contributed by atoms with Crippen molar-refractivity contribution >= 4 is 11.6 Å². The third-order valence-electron chi connectivity index (χ3n) is 4.19. The van der Waals surface area contributed by atoms with Crippen molar-refractivity contribution in [3.05, 3.63) is 29.3 Å². The fourth-order valence-corrected chi connectivity index (χ4v) is 3.07. The van der Waals surface area contributed by atoms with Crippen LogP contribution in [-0.4, -0.2) is 36.5 Å². The van der Waals surface area contributed by atoms with Crippen LogP contribution in [-0.2, 0) is 4.79 Å². The van der Waals surface area contributed by atoms with Crippen molar-refractivity contribution in [3.63, 3.8) is 0 Å². The molecule has 1 atom stereocenters. The number of benzene rings is 1. The average Bonchev–Trinajstić information content (AvgIpc) is 2.80. The molecular weight excluding hydrogens is 238 g/mol. The summed E-state index contributed by atoms with van der Waals surface area (Å²) < 4.78 is 0. The number of amides is 1. The number of nitriles is 1. The molecule has 2 heterocycles. The molecule has 2 aliphatic heterocycles. The molecule has 0 spiro atoms. The van der Waals surface area contributed by atoms with Gasteiger partial charge >= 0.3 is 0 Å². The average molecular weight is 255 g/mol. The Bertz CT molecular complexity index is 561. The fourth-order valence-electron chi connectivity index (χ4n) is 3.07. The van der Waals surface area contributed by atoms with Crippen molar-refractivity contribution in [3.8, 4) is 6.07 Å². The van der Waals surface area contributed by atoms with Gasteiger partial charge in [0.1, 0.15) is 0 Å². The number of fused-ring (bicyclic) bond motifs is 1. The van der Waals surface area contributed by atoms with E-state index in [-0.39, 0.29) is 0 Å². The van der Waals surface area contributed by atoms with Crippen LogP contribution >= 0.6 is 0 Å². The first-order valence-corrected chi connectivity index (χ1v) is 6.74. The van der Waals surface area contributed by atoms with Crippen LogP contribution in [0.4, 0.5) is 5.69 Å². The normalized spacial score (nSPS) is 22.3. The van der Waals surface area contributed by atoms with Crippen LogP contribution in [0.1, 0.15) is 24.0 Å². The monoisotopic (exact) mass is 255 g/mol. The van der Waals surface area contributed by atoms with Gasteiger partial charge in [0.15, 0.2) is 0 Å². The second kappa shape index (κ2) is 4.58. The molecular formula is C15H17N3O. The van der Waals surface area contributed by atoms with Gasteiger partial charge < -0.3 is 9.80 Å². The Kier molecular flexibility index (Phi) is 2.90. The van der Waals surface area contributed by atoms with Gasteiger partial charge in [-0.25, -0.2) is 0 Å². The molecule has 1 aromatic carbocycles. The van der Waals surface area contributed by atoms with Gasteiger partial charge in [-0.05, 0) is 37.1 Å². The van der Waals surface area contributed by atoms with Gasteiger partial charge in [0.25, 0.3) is 0 Å². The van der Waals surface area contributed by atoms with Gasteiger partial charge in [0.2, 0.25) is 5.91 Å². The van der Waals surface area contributed by atoms with Gasteiger partial charge in [-0.3, -0.25) is 4.79 Å². The molecule has 3 rings (SSSR count). The predicted octanol–water partition coefficient (Wildman–Crippen LogP) is 1.68. The minimum atomic E-state index is 0.306. The maximum absolute atomic E-state index is 11.7. The third-order valence-corrected chi connectivity index (χ3v) is 4.19.